The van der Waals surface area contributed by atoms with Crippen LogP contribution in [-0.2, 0) is 6.54 Å². The van der Waals surface area contributed by atoms with Crippen LogP contribution in [0.1, 0.15) is 12.8 Å². The quantitative estimate of drug-likeness (QED) is 0.416. The Kier molecular flexibility index (Phi) is 6.16. The van der Waals surface area contributed by atoms with E-state index < -0.39 is 0 Å². The molecule has 0 aliphatic heterocycles. The van der Waals surface area contributed by atoms with E-state index in [9.17, 15) is 4.79 Å². The summed E-state index contributed by atoms with van der Waals surface area (Å²) in [5.74, 6) is 2.48. The van der Waals surface area contributed by atoms with E-state index in [1.54, 1.807) is 32.4 Å². The first kappa shape index (κ1) is 21.1. The summed E-state index contributed by atoms with van der Waals surface area (Å²) in [5.41, 5.74) is 1.78. The zero-order valence-electron chi connectivity index (χ0n) is 17.9. The Balaban J connectivity index is 1.61. The maximum absolute atomic E-state index is 12.4. The minimum atomic E-state index is -0.286. The predicted molar refractivity (Wildman–Crippen MR) is 117 cm³/mol. The van der Waals surface area contributed by atoms with Crippen molar-refractivity contribution in [3.8, 4) is 39.9 Å². The van der Waals surface area contributed by atoms with Crippen LogP contribution in [0.25, 0.3) is 22.6 Å². The monoisotopic (exact) mass is 434 g/mol. The maximum Gasteiger partial charge on any atom is 0.267 e. The lowest BCUT2D eigenvalue weighted by Crippen LogP contribution is -2.23. The van der Waals surface area contributed by atoms with Crippen molar-refractivity contribution in [2.45, 2.75) is 13.5 Å². The second kappa shape index (κ2) is 9.34. The van der Waals surface area contributed by atoms with Gasteiger partial charge < -0.3 is 18.7 Å². The van der Waals surface area contributed by atoms with Crippen LogP contribution in [0.2, 0.25) is 0 Å². The minimum Gasteiger partial charge on any atom is -0.496 e. The molecule has 0 unspecified atom stereocenters. The Hall–Kier alpha value is -4.14. The summed E-state index contributed by atoms with van der Waals surface area (Å²) in [4.78, 5) is 16.8. The van der Waals surface area contributed by atoms with Crippen LogP contribution in [0.5, 0.6) is 17.2 Å². The van der Waals surface area contributed by atoms with E-state index in [0.717, 1.165) is 5.56 Å². The van der Waals surface area contributed by atoms with Gasteiger partial charge in [-0.1, -0.05) is 17.3 Å². The number of methoxy groups -OCH3 is 2. The third kappa shape index (κ3) is 4.31. The van der Waals surface area contributed by atoms with E-state index in [1.165, 1.54) is 10.7 Å². The molecule has 0 bridgehead atoms. The molecule has 0 aliphatic rings. The molecule has 2 aromatic heterocycles. The van der Waals surface area contributed by atoms with Gasteiger partial charge in [0.2, 0.25) is 11.7 Å². The van der Waals surface area contributed by atoms with Crippen molar-refractivity contribution in [2.24, 2.45) is 0 Å². The number of benzene rings is 2. The first-order valence-electron chi connectivity index (χ1n) is 9.98. The minimum absolute atomic E-state index is 0.0307. The fourth-order valence-electron chi connectivity index (χ4n) is 3.21. The molecule has 0 saturated carbocycles. The number of ether oxygens (including phenoxy) is 3. The van der Waals surface area contributed by atoms with Crippen molar-refractivity contribution in [1.82, 2.24) is 19.9 Å². The second-order valence-electron chi connectivity index (χ2n) is 6.73. The van der Waals surface area contributed by atoms with Crippen molar-refractivity contribution in [3.05, 3.63) is 70.8 Å². The molecule has 0 atom stereocenters. The standard InChI is InChI=1S/C23H22N4O5/c1-4-31-19-11-9-15(13-20(19)30-3)23-24-21(32-26-23)14-27-22(28)12-10-17(25-27)16-7-5-6-8-18(16)29-2/h5-13H,4,14H2,1-3H3. The van der Waals surface area contributed by atoms with E-state index in [-0.39, 0.29) is 18.0 Å². The summed E-state index contributed by atoms with van der Waals surface area (Å²) < 4.78 is 22.9. The normalized spacial score (nSPS) is 10.7. The number of para-hydroxylation sites is 1. The Bertz CT molecular complexity index is 1280. The number of hydrogen-bond donors (Lipinski definition) is 0. The lowest BCUT2D eigenvalue weighted by molar-refractivity contribution is 0.311. The first-order chi connectivity index (χ1) is 15.6. The average Bonchev–Trinajstić information content (AvgIpc) is 3.29. The van der Waals surface area contributed by atoms with Gasteiger partial charge in [0.25, 0.3) is 5.56 Å². The summed E-state index contributed by atoms with van der Waals surface area (Å²) in [6.07, 6.45) is 0. The number of hydrogen-bond acceptors (Lipinski definition) is 8. The molecule has 0 fully saturated rings. The Labute approximate surface area is 184 Å². The molecule has 0 N–H and O–H groups in total. The van der Waals surface area contributed by atoms with E-state index in [2.05, 4.69) is 15.2 Å². The third-order valence-electron chi connectivity index (χ3n) is 4.72. The third-order valence-corrected chi connectivity index (χ3v) is 4.72. The highest BCUT2D eigenvalue weighted by atomic mass is 16.5. The van der Waals surface area contributed by atoms with Gasteiger partial charge in [0.05, 0.1) is 26.5 Å². The summed E-state index contributed by atoms with van der Waals surface area (Å²) in [5, 5.41) is 8.47. The van der Waals surface area contributed by atoms with Crippen LogP contribution in [0, 0.1) is 0 Å². The van der Waals surface area contributed by atoms with Gasteiger partial charge in [-0.25, -0.2) is 4.68 Å². The highest BCUT2D eigenvalue weighted by molar-refractivity contribution is 5.66. The SMILES string of the molecule is CCOc1ccc(-c2noc(Cn3nc(-c4ccccc4OC)ccc3=O)n2)cc1OC. The van der Waals surface area contributed by atoms with Crippen molar-refractivity contribution in [1.29, 1.82) is 0 Å². The molecule has 2 heterocycles. The zero-order chi connectivity index (χ0) is 22.5. The van der Waals surface area contributed by atoms with Crippen molar-refractivity contribution >= 4 is 0 Å². The topological polar surface area (TPSA) is 102 Å². The number of rotatable bonds is 8. The first-order valence-corrected chi connectivity index (χ1v) is 9.98. The molecule has 0 radical (unpaired) electrons. The Morgan fingerprint density at radius 1 is 0.969 bits per heavy atom. The molecule has 4 rings (SSSR count). The Morgan fingerprint density at radius 3 is 2.56 bits per heavy atom. The summed E-state index contributed by atoms with van der Waals surface area (Å²) in [7, 11) is 3.15. The van der Waals surface area contributed by atoms with Gasteiger partial charge in [-0.2, -0.15) is 10.1 Å². The fourth-order valence-corrected chi connectivity index (χ4v) is 3.21. The lowest BCUT2D eigenvalue weighted by atomic mass is 10.1. The second-order valence-corrected chi connectivity index (χ2v) is 6.73. The summed E-state index contributed by atoms with van der Waals surface area (Å²) >= 11 is 0. The van der Waals surface area contributed by atoms with Gasteiger partial charge in [0.15, 0.2) is 11.5 Å². The molecular formula is C23H22N4O5. The van der Waals surface area contributed by atoms with Gasteiger partial charge in [-0.3, -0.25) is 4.79 Å². The Morgan fingerprint density at radius 2 is 1.78 bits per heavy atom. The van der Waals surface area contributed by atoms with Gasteiger partial charge in [0.1, 0.15) is 12.3 Å². The number of nitrogens with zero attached hydrogens (tertiary/aromatic N) is 4. The zero-order valence-corrected chi connectivity index (χ0v) is 17.9. The van der Waals surface area contributed by atoms with Crippen LogP contribution < -0.4 is 19.8 Å². The molecule has 9 heteroatoms. The highest BCUT2D eigenvalue weighted by Crippen LogP contribution is 2.31. The highest BCUT2D eigenvalue weighted by Gasteiger charge is 2.15. The van der Waals surface area contributed by atoms with Gasteiger partial charge in [0, 0.05) is 17.2 Å². The van der Waals surface area contributed by atoms with Crippen LogP contribution >= 0.6 is 0 Å². The van der Waals surface area contributed by atoms with Gasteiger partial charge in [-0.15, -0.1) is 0 Å². The smallest absolute Gasteiger partial charge is 0.267 e. The summed E-state index contributed by atoms with van der Waals surface area (Å²) in [6.45, 7) is 2.46. The lowest BCUT2D eigenvalue weighted by Gasteiger charge is -2.09. The molecule has 0 saturated heterocycles. The van der Waals surface area contributed by atoms with Crippen LogP contribution in [-0.4, -0.2) is 40.7 Å². The molecule has 0 spiro atoms. The predicted octanol–water partition coefficient (Wildman–Crippen LogP) is 3.42. The largest absolute Gasteiger partial charge is 0.496 e. The summed E-state index contributed by atoms with van der Waals surface area (Å²) in [6, 6.07) is 15.9. The van der Waals surface area contributed by atoms with Crippen LogP contribution in [0.15, 0.2) is 63.9 Å². The molecule has 2 aromatic carbocycles. The fraction of sp³-hybridized carbons (Fsp3) is 0.217. The van der Waals surface area contributed by atoms with Gasteiger partial charge in [-0.05, 0) is 43.3 Å². The molecule has 0 aliphatic carbocycles. The van der Waals surface area contributed by atoms with Crippen molar-refractivity contribution in [3.63, 3.8) is 0 Å². The van der Waals surface area contributed by atoms with Gasteiger partial charge >= 0.3 is 0 Å². The molecule has 9 nitrogen and oxygen atoms in total. The van der Waals surface area contributed by atoms with E-state index in [0.29, 0.717) is 40.9 Å². The van der Waals surface area contributed by atoms with E-state index >= 15 is 0 Å². The van der Waals surface area contributed by atoms with Crippen LogP contribution in [0.3, 0.4) is 0 Å². The van der Waals surface area contributed by atoms with Crippen LogP contribution in [0.4, 0.5) is 0 Å². The molecule has 164 valence electrons. The molecule has 4 aromatic rings. The molecule has 0 amide bonds. The maximum atomic E-state index is 12.4. The van der Waals surface area contributed by atoms with Crippen molar-refractivity contribution in [2.75, 3.05) is 20.8 Å². The van der Waals surface area contributed by atoms with Crippen molar-refractivity contribution < 1.29 is 18.7 Å². The number of aromatic nitrogens is 4. The van der Waals surface area contributed by atoms with E-state index in [1.807, 2.05) is 37.3 Å². The van der Waals surface area contributed by atoms with E-state index in [4.69, 9.17) is 18.7 Å². The molecule has 32 heavy (non-hydrogen) atoms. The average molecular weight is 434 g/mol. The molecular weight excluding hydrogens is 412 g/mol.